The Morgan fingerprint density at radius 3 is 3.00 bits per heavy atom. The standard InChI is InChI=1S/C14H20FN5O/c1-2-8-21-14-10-13(12(16)9-11(14)15)17-4-3-6-20-7-5-18-19-20/h5,7,9-10,17H,2-4,6,8,16H2,1H3. The average Bonchev–Trinajstić information content (AvgIpc) is 2.97. The van der Waals surface area contributed by atoms with Gasteiger partial charge in [0, 0.05) is 31.4 Å². The summed E-state index contributed by atoms with van der Waals surface area (Å²) in [6.07, 6.45) is 5.13. The summed E-state index contributed by atoms with van der Waals surface area (Å²) in [5, 5.41) is 10.8. The van der Waals surface area contributed by atoms with Gasteiger partial charge in [0.1, 0.15) is 0 Å². The first kappa shape index (κ1) is 15.1. The van der Waals surface area contributed by atoms with Gasteiger partial charge >= 0.3 is 0 Å². The zero-order valence-corrected chi connectivity index (χ0v) is 12.1. The highest BCUT2D eigenvalue weighted by molar-refractivity contribution is 5.68. The van der Waals surface area contributed by atoms with Crippen LogP contribution in [0.1, 0.15) is 19.8 Å². The van der Waals surface area contributed by atoms with Crippen LogP contribution in [0.5, 0.6) is 5.75 Å². The van der Waals surface area contributed by atoms with Crippen LogP contribution < -0.4 is 15.8 Å². The first-order chi connectivity index (χ1) is 10.2. The van der Waals surface area contributed by atoms with Gasteiger partial charge in [0.15, 0.2) is 11.6 Å². The number of halogens is 1. The number of nitrogens with zero attached hydrogens (tertiary/aromatic N) is 3. The largest absolute Gasteiger partial charge is 0.490 e. The lowest BCUT2D eigenvalue weighted by atomic mass is 10.2. The van der Waals surface area contributed by atoms with Gasteiger partial charge in [-0.25, -0.2) is 4.39 Å². The van der Waals surface area contributed by atoms with Gasteiger partial charge in [0.2, 0.25) is 0 Å². The number of hydrogen-bond donors (Lipinski definition) is 2. The molecule has 3 N–H and O–H groups in total. The van der Waals surface area contributed by atoms with Gasteiger partial charge in [0.05, 0.1) is 24.2 Å². The number of rotatable bonds is 8. The minimum atomic E-state index is -0.436. The molecule has 0 saturated heterocycles. The van der Waals surface area contributed by atoms with Crippen LogP contribution in [-0.2, 0) is 6.54 Å². The second-order valence-electron chi connectivity index (χ2n) is 4.66. The smallest absolute Gasteiger partial charge is 0.167 e. The van der Waals surface area contributed by atoms with Crippen LogP contribution in [0.3, 0.4) is 0 Å². The van der Waals surface area contributed by atoms with E-state index in [1.165, 1.54) is 6.07 Å². The van der Waals surface area contributed by atoms with Crippen LogP contribution in [-0.4, -0.2) is 28.1 Å². The maximum Gasteiger partial charge on any atom is 0.167 e. The predicted octanol–water partition coefficient (Wildman–Crippen LogP) is 2.29. The quantitative estimate of drug-likeness (QED) is 0.577. The maximum absolute atomic E-state index is 13.7. The normalized spacial score (nSPS) is 10.6. The van der Waals surface area contributed by atoms with Gasteiger partial charge in [-0.05, 0) is 12.8 Å². The Morgan fingerprint density at radius 2 is 2.29 bits per heavy atom. The fraction of sp³-hybridized carbons (Fsp3) is 0.429. The van der Waals surface area contributed by atoms with Crippen LogP contribution in [0.4, 0.5) is 15.8 Å². The Kier molecular flexibility index (Phi) is 5.36. The average molecular weight is 293 g/mol. The van der Waals surface area contributed by atoms with Crippen LogP contribution in [0.15, 0.2) is 24.5 Å². The van der Waals surface area contributed by atoms with E-state index in [9.17, 15) is 4.39 Å². The van der Waals surface area contributed by atoms with Gasteiger partial charge in [-0.3, -0.25) is 4.68 Å². The summed E-state index contributed by atoms with van der Waals surface area (Å²) in [5.74, 6) is -0.209. The first-order valence-electron chi connectivity index (χ1n) is 7.00. The van der Waals surface area contributed by atoms with Gasteiger partial charge in [-0.1, -0.05) is 12.1 Å². The molecule has 0 spiro atoms. The molecular formula is C14H20FN5O. The zero-order chi connectivity index (χ0) is 15.1. The summed E-state index contributed by atoms with van der Waals surface area (Å²) in [7, 11) is 0. The lowest BCUT2D eigenvalue weighted by Gasteiger charge is -2.13. The van der Waals surface area contributed by atoms with Gasteiger partial charge in [-0.2, -0.15) is 0 Å². The molecule has 0 aliphatic carbocycles. The zero-order valence-electron chi connectivity index (χ0n) is 12.1. The molecule has 1 aromatic carbocycles. The minimum absolute atomic E-state index is 0.227. The SMILES string of the molecule is CCCOc1cc(NCCCn2ccnn2)c(N)cc1F. The molecule has 21 heavy (non-hydrogen) atoms. The molecule has 0 radical (unpaired) electrons. The van der Waals surface area contributed by atoms with Crippen LogP contribution >= 0.6 is 0 Å². The van der Waals surface area contributed by atoms with Crippen LogP contribution in [0, 0.1) is 5.82 Å². The molecule has 6 nitrogen and oxygen atoms in total. The van der Waals surface area contributed by atoms with E-state index in [1.807, 2.05) is 13.1 Å². The van der Waals surface area contributed by atoms with E-state index in [4.69, 9.17) is 10.5 Å². The number of aryl methyl sites for hydroxylation is 1. The van der Waals surface area contributed by atoms with E-state index >= 15 is 0 Å². The van der Waals surface area contributed by atoms with E-state index in [0.717, 1.165) is 19.4 Å². The molecule has 0 amide bonds. The number of nitrogens with two attached hydrogens (primary N) is 1. The van der Waals surface area contributed by atoms with Crippen molar-refractivity contribution in [1.82, 2.24) is 15.0 Å². The number of hydrogen-bond acceptors (Lipinski definition) is 5. The Morgan fingerprint density at radius 1 is 1.43 bits per heavy atom. The number of anilines is 2. The van der Waals surface area contributed by atoms with Crippen molar-refractivity contribution in [2.45, 2.75) is 26.3 Å². The number of benzene rings is 1. The third-order valence-corrected chi connectivity index (χ3v) is 2.92. The maximum atomic E-state index is 13.7. The van der Waals surface area contributed by atoms with Crippen molar-refractivity contribution < 1.29 is 9.13 Å². The van der Waals surface area contributed by atoms with Crippen molar-refractivity contribution in [3.05, 3.63) is 30.3 Å². The Bertz CT molecular complexity index is 559. The van der Waals surface area contributed by atoms with Crippen molar-refractivity contribution >= 4 is 11.4 Å². The highest BCUT2D eigenvalue weighted by Gasteiger charge is 2.08. The van der Waals surface area contributed by atoms with Crippen molar-refractivity contribution in [2.75, 3.05) is 24.2 Å². The Hall–Kier alpha value is -2.31. The van der Waals surface area contributed by atoms with Crippen LogP contribution in [0.2, 0.25) is 0 Å². The third-order valence-electron chi connectivity index (χ3n) is 2.92. The third kappa shape index (κ3) is 4.34. The lowest BCUT2D eigenvalue weighted by molar-refractivity contribution is 0.301. The van der Waals surface area contributed by atoms with E-state index in [2.05, 4.69) is 15.6 Å². The second kappa shape index (κ2) is 7.47. The molecule has 7 heteroatoms. The minimum Gasteiger partial charge on any atom is -0.490 e. The van der Waals surface area contributed by atoms with Gasteiger partial charge in [0.25, 0.3) is 0 Å². The second-order valence-corrected chi connectivity index (χ2v) is 4.66. The fourth-order valence-corrected chi connectivity index (χ4v) is 1.86. The number of nitrogen functional groups attached to an aromatic ring is 1. The molecule has 0 aliphatic heterocycles. The van der Waals surface area contributed by atoms with Crippen molar-refractivity contribution in [3.8, 4) is 5.75 Å². The van der Waals surface area contributed by atoms with Crippen molar-refractivity contribution in [1.29, 1.82) is 0 Å². The molecule has 0 saturated carbocycles. The highest BCUT2D eigenvalue weighted by Crippen LogP contribution is 2.28. The van der Waals surface area contributed by atoms with Gasteiger partial charge < -0.3 is 15.8 Å². The molecule has 0 bridgehead atoms. The van der Waals surface area contributed by atoms with E-state index in [0.29, 0.717) is 24.5 Å². The predicted molar refractivity (Wildman–Crippen MR) is 79.7 cm³/mol. The molecule has 0 atom stereocenters. The summed E-state index contributed by atoms with van der Waals surface area (Å²) in [4.78, 5) is 0. The van der Waals surface area contributed by atoms with E-state index < -0.39 is 5.82 Å². The fourth-order valence-electron chi connectivity index (χ4n) is 1.86. The molecule has 114 valence electrons. The lowest BCUT2D eigenvalue weighted by Crippen LogP contribution is -2.09. The molecular weight excluding hydrogens is 273 g/mol. The van der Waals surface area contributed by atoms with Crippen molar-refractivity contribution in [3.63, 3.8) is 0 Å². The van der Waals surface area contributed by atoms with E-state index in [1.54, 1.807) is 16.9 Å². The Labute approximate surface area is 123 Å². The first-order valence-corrected chi connectivity index (χ1v) is 7.00. The van der Waals surface area contributed by atoms with Crippen LogP contribution in [0.25, 0.3) is 0 Å². The highest BCUT2D eigenvalue weighted by atomic mass is 19.1. The molecule has 1 heterocycles. The summed E-state index contributed by atoms with van der Waals surface area (Å²) < 4.78 is 20.8. The monoisotopic (exact) mass is 293 g/mol. The number of nitrogens with one attached hydrogen (secondary N) is 1. The summed E-state index contributed by atoms with van der Waals surface area (Å²) in [6.45, 7) is 3.90. The van der Waals surface area contributed by atoms with Gasteiger partial charge in [-0.15, -0.1) is 5.10 Å². The van der Waals surface area contributed by atoms with Crippen molar-refractivity contribution in [2.24, 2.45) is 0 Å². The Balaban J connectivity index is 1.89. The molecule has 0 fully saturated rings. The topological polar surface area (TPSA) is 78.0 Å². The molecule has 2 aromatic rings. The summed E-state index contributed by atoms with van der Waals surface area (Å²) >= 11 is 0. The number of ether oxygens (including phenoxy) is 1. The molecule has 0 unspecified atom stereocenters. The van der Waals surface area contributed by atoms with E-state index in [-0.39, 0.29) is 5.75 Å². The molecule has 2 rings (SSSR count). The molecule has 0 aliphatic rings. The summed E-state index contributed by atoms with van der Waals surface area (Å²) in [6, 6.07) is 2.89. The summed E-state index contributed by atoms with van der Waals surface area (Å²) in [5.41, 5.74) is 6.86. The number of aromatic nitrogens is 3. The molecule has 1 aromatic heterocycles.